The monoisotopic (exact) mass is 256 g/mol. The van der Waals surface area contributed by atoms with Gasteiger partial charge in [0, 0.05) is 23.0 Å². The molecule has 1 aromatic carbocycles. The smallest absolute Gasteiger partial charge is 0.125 e. The van der Waals surface area contributed by atoms with E-state index >= 15 is 0 Å². The third kappa shape index (κ3) is 2.10. The summed E-state index contributed by atoms with van der Waals surface area (Å²) in [6.45, 7) is 0. The predicted octanol–water partition coefficient (Wildman–Crippen LogP) is 3.78. The van der Waals surface area contributed by atoms with E-state index in [4.69, 9.17) is 28.9 Å². The van der Waals surface area contributed by atoms with Crippen molar-refractivity contribution in [3.63, 3.8) is 0 Å². The number of nitrogen functional groups attached to an aromatic ring is 1. The minimum Gasteiger partial charge on any atom is -0.397 e. The van der Waals surface area contributed by atoms with Crippen LogP contribution in [-0.2, 0) is 0 Å². The SMILES string of the molecule is Nc1c(Cl)cncc1-c1cc(F)cc(Cl)c1. The number of rotatable bonds is 1. The zero-order valence-electron chi connectivity index (χ0n) is 8.05. The Kier molecular flexibility index (Phi) is 2.99. The third-order valence-electron chi connectivity index (χ3n) is 2.11. The van der Waals surface area contributed by atoms with Crippen molar-refractivity contribution in [1.29, 1.82) is 0 Å². The molecular formula is C11H7Cl2FN2. The molecule has 0 saturated heterocycles. The summed E-state index contributed by atoms with van der Waals surface area (Å²) in [6.07, 6.45) is 2.95. The van der Waals surface area contributed by atoms with E-state index in [9.17, 15) is 4.39 Å². The molecule has 0 fully saturated rings. The van der Waals surface area contributed by atoms with Crippen LogP contribution in [0.15, 0.2) is 30.6 Å². The van der Waals surface area contributed by atoms with Crippen molar-refractivity contribution >= 4 is 28.9 Å². The van der Waals surface area contributed by atoms with Gasteiger partial charge in [0.1, 0.15) is 5.82 Å². The number of anilines is 1. The molecule has 1 aromatic heterocycles. The van der Waals surface area contributed by atoms with Crippen molar-refractivity contribution < 1.29 is 4.39 Å². The van der Waals surface area contributed by atoms with Crippen LogP contribution in [0.25, 0.3) is 11.1 Å². The number of nitrogens with zero attached hydrogens (tertiary/aromatic N) is 1. The summed E-state index contributed by atoms with van der Waals surface area (Å²) in [5.74, 6) is -0.429. The largest absolute Gasteiger partial charge is 0.397 e. The quantitative estimate of drug-likeness (QED) is 0.844. The lowest BCUT2D eigenvalue weighted by Crippen LogP contribution is -1.93. The molecule has 0 bridgehead atoms. The molecule has 2 nitrogen and oxygen atoms in total. The molecule has 2 aromatic rings. The van der Waals surface area contributed by atoms with Crippen molar-refractivity contribution in [2.24, 2.45) is 0 Å². The van der Waals surface area contributed by atoms with Crippen molar-refractivity contribution in [3.05, 3.63) is 46.5 Å². The fourth-order valence-corrected chi connectivity index (χ4v) is 1.76. The summed E-state index contributed by atoms with van der Waals surface area (Å²) in [5.41, 5.74) is 7.25. The average Bonchev–Trinajstić information content (AvgIpc) is 2.20. The molecule has 0 radical (unpaired) electrons. The normalized spacial score (nSPS) is 10.4. The zero-order chi connectivity index (χ0) is 11.7. The summed E-state index contributed by atoms with van der Waals surface area (Å²) in [4.78, 5) is 3.90. The molecule has 5 heteroatoms. The van der Waals surface area contributed by atoms with E-state index < -0.39 is 5.82 Å². The molecule has 0 amide bonds. The van der Waals surface area contributed by atoms with Crippen LogP contribution in [0.1, 0.15) is 0 Å². The number of hydrogen-bond donors (Lipinski definition) is 1. The molecule has 1 heterocycles. The molecule has 0 saturated carbocycles. The third-order valence-corrected chi connectivity index (χ3v) is 2.63. The highest BCUT2D eigenvalue weighted by molar-refractivity contribution is 6.33. The highest BCUT2D eigenvalue weighted by Crippen LogP contribution is 2.32. The maximum absolute atomic E-state index is 13.2. The lowest BCUT2D eigenvalue weighted by molar-refractivity contribution is 0.628. The van der Waals surface area contributed by atoms with E-state index in [0.29, 0.717) is 26.9 Å². The van der Waals surface area contributed by atoms with Gasteiger partial charge in [0.25, 0.3) is 0 Å². The molecule has 16 heavy (non-hydrogen) atoms. The molecule has 2 rings (SSSR count). The first kappa shape index (κ1) is 11.2. The van der Waals surface area contributed by atoms with Gasteiger partial charge >= 0.3 is 0 Å². The van der Waals surface area contributed by atoms with Crippen LogP contribution in [0.3, 0.4) is 0 Å². The molecular weight excluding hydrogens is 250 g/mol. The van der Waals surface area contributed by atoms with E-state index in [-0.39, 0.29) is 0 Å². The second-order valence-corrected chi connectivity index (χ2v) is 4.08. The lowest BCUT2D eigenvalue weighted by Gasteiger charge is -2.07. The molecule has 2 N–H and O–H groups in total. The number of aromatic nitrogens is 1. The van der Waals surface area contributed by atoms with Crippen LogP contribution in [0, 0.1) is 5.82 Å². The Labute approximate surface area is 102 Å². The van der Waals surface area contributed by atoms with Crippen molar-refractivity contribution in [1.82, 2.24) is 4.98 Å². The van der Waals surface area contributed by atoms with Gasteiger partial charge in [0.05, 0.1) is 10.7 Å². The lowest BCUT2D eigenvalue weighted by atomic mass is 10.1. The number of hydrogen-bond acceptors (Lipinski definition) is 2. The molecule has 0 aliphatic heterocycles. The Morgan fingerprint density at radius 1 is 1.12 bits per heavy atom. The molecule has 0 aliphatic rings. The van der Waals surface area contributed by atoms with Crippen LogP contribution in [0.4, 0.5) is 10.1 Å². The predicted molar refractivity (Wildman–Crippen MR) is 64.1 cm³/mol. The van der Waals surface area contributed by atoms with Gasteiger partial charge in [-0.25, -0.2) is 4.39 Å². The maximum Gasteiger partial charge on any atom is 0.125 e. The van der Waals surface area contributed by atoms with Crippen molar-refractivity contribution in [2.75, 3.05) is 5.73 Å². The van der Waals surface area contributed by atoms with E-state index in [1.807, 2.05) is 0 Å². The highest BCUT2D eigenvalue weighted by Gasteiger charge is 2.08. The van der Waals surface area contributed by atoms with Gasteiger partial charge in [0.2, 0.25) is 0 Å². The standard InChI is InChI=1S/C11H7Cl2FN2/c12-7-1-6(2-8(14)3-7)9-4-16-5-10(13)11(9)15/h1-5H,(H2,15,16). The Balaban J connectivity index is 2.63. The summed E-state index contributed by atoms with van der Waals surface area (Å²) in [6, 6.07) is 4.16. The molecule has 0 aliphatic carbocycles. The second kappa shape index (κ2) is 4.28. The number of nitrogens with two attached hydrogens (primary N) is 1. The Morgan fingerprint density at radius 2 is 1.88 bits per heavy atom. The maximum atomic E-state index is 13.2. The molecule has 82 valence electrons. The minimum absolute atomic E-state index is 0.300. The van der Waals surface area contributed by atoms with Crippen LogP contribution in [0.5, 0.6) is 0 Å². The minimum atomic E-state index is -0.429. The van der Waals surface area contributed by atoms with Crippen LogP contribution < -0.4 is 5.73 Å². The van der Waals surface area contributed by atoms with Gasteiger partial charge < -0.3 is 5.73 Å². The first-order valence-electron chi connectivity index (χ1n) is 4.43. The highest BCUT2D eigenvalue weighted by atomic mass is 35.5. The summed E-state index contributed by atoms with van der Waals surface area (Å²) in [5, 5.41) is 0.632. The Bertz CT molecular complexity index is 523. The summed E-state index contributed by atoms with van der Waals surface area (Å²) in [7, 11) is 0. The number of halogens is 3. The van der Waals surface area contributed by atoms with Gasteiger partial charge in [-0.1, -0.05) is 23.2 Å². The zero-order valence-corrected chi connectivity index (χ0v) is 9.56. The first-order valence-corrected chi connectivity index (χ1v) is 5.19. The topological polar surface area (TPSA) is 38.9 Å². The summed E-state index contributed by atoms with van der Waals surface area (Å²) < 4.78 is 13.2. The van der Waals surface area contributed by atoms with Crippen LogP contribution >= 0.6 is 23.2 Å². The number of benzene rings is 1. The van der Waals surface area contributed by atoms with Gasteiger partial charge in [-0.05, 0) is 23.8 Å². The van der Waals surface area contributed by atoms with E-state index in [2.05, 4.69) is 4.98 Å². The van der Waals surface area contributed by atoms with Gasteiger partial charge in [-0.15, -0.1) is 0 Å². The average molecular weight is 257 g/mol. The van der Waals surface area contributed by atoms with Gasteiger partial charge in [-0.2, -0.15) is 0 Å². The van der Waals surface area contributed by atoms with Crippen molar-refractivity contribution in [3.8, 4) is 11.1 Å². The number of pyridine rings is 1. The second-order valence-electron chi connectivity index (χ2n) is 3.24. The fraction of sp³-hybridized carbons (Fsp3) is 0. The molecule has 0 unspecified atom stereocenters. The van der Waals surface area contributed by atoms with Crippen molar-refractivity contribution in [2.45, 2.75) is 0 Å². The molecule has 0 spiro atoms. The Morgan fingerprint density at radius 3 is 2.56 bits per heavy atom. The first-order chi connectivity index (χ1) is 7.58. The van der Waals surface area contributed by atoms with E-state index in [1.54, 1.807) is 6.07 Å². The van der Waals surface area contributed by atoms with E-state index in [1.165, 1.54) is 24.5 Å². The van der Waals surface area contributed by atoms with Crippen LogP contribution in [0.2, 0.25) is 10.0 Å². The fourth-order valence-electron chi connectivity index (χ4n) is 1.38. The van der Waals surface area contributed by atoms with Gasteiger partial charge in [-0.3, -0.25) is 4.98 Å². The van der Waals surface area contributed by atoms with Gasteiger partial charge in [0.15, 0.2) is 0 Å². The van der Waals surface area contributed by atoms with E-state index in [0.717, 1.165) is 0 Å². The van der Waals surface area contributed by atoms with Crippen LogP contribution in [-0.4, -0.2) is 4.98 Å². The molecule has 0 atom stereocenters. The Hall–Kier alpha value is -1.32. The summed E-state index contributed by atoms with van der Waals surface area (Å²) >= 11 is 11.6.